The minimum Gasteiger partial charge on any atom is -0.491 e. The minimum atomic E-state index is -0.632. The highest BCUT2D eigenvalue weighted by atomic mass is 16.5. The fourth-order valence-corrected chi connectivity index (χ4v) is 1.17. The first kappa shape index (κ1) is 12.0. The molecule has 1 unspecified atom stereocenters. The Morgan fingerprint density at radius 1 is 1.33 bits per heavy atom. The fourth-order valence-electron chi connectivity index (χ4n) is 1.17. The van der Waals surface area contributed by atoms with Crippen molar-refractivity contribution in [2.24, 2.45) is 0 Å². The number of rotatable bonds is 6. The number of ether oxygens (including phenoxy) is 2. The summed E-state index contributed by atoms with van der Waals surface area (Å²) in [4.78, 5) is 0. The summed E-state index contributed by atoms with van der Waals surface area (Å²) in [5.74, 6) is 0.636. The van der Waals surface area contributed by atoms with Gasteiger partial charge in [0, 0.05) is 7.11 Å². The molecule has 0 amide bonds. The summed E-state index contributed by atoms with van der Waals surface area (Å²) in [6.07, 6.45) is -0.632. The minimum absolute atomic E-state index is 0.0160. The maximum absolute atomic E-state index is 9.34. The quantitative estimate of drug-likeness (QED) is 0.723. The molecule has 0 aliphatic heterocycles. The van der Waals surface area contributed by atoms with E-state index >= 15 is 0 Å². The van der Waals surface area contributed by atoms with Crippen molar-refractivity contribution in [2.75, 3.05) is 20.3 Å². The molecule has 4 nitrogen and oxygen atoms in total. The van der Waals surface area contributed by atoms with Crippen LogP contribution < -0.4 is 4.74 Å². The molecule has 0 aliphatic carbocycles. The Hall–Kier alpha value is -1.10. The highest BCUT2D eigenvalue weighted by Crippen LogP contribution is 2.13. The number of benzene rings is 1. The topological polar surface area (TPSA) is 58.9 Å². The summed E-state index contributed by atoms with van der Waals surface area (Å²) < 4.78 is 10.1. The number of aliphatic hydroxyl groups is 2. The summed E-state index contributed by atoms with van der Waals surface area (Å²) >= 11 is 0. The van der Waals surface area contributed by atoms with Crippen molar-refractivity contribution in [3.05, 3.63) is 29.8 Å². The van der Waals surface area contributed by atoms with Gasteiger partial charge in [-0.15, -0.1) is 0 Å². The lowest BCUT2D eigenvalue weighted by Crippen LogP contribution is -2.22. The summed E-state index contributed by atoms with van der Waals surface area (Å²) in [5, 5.41) is 18.2. The number of hydrogen-bond donors (Lipinski definition) is 2. The predicted octanol–water partition coefficient (Wildman–Crippen LogP) is 0.565. The fraction of sp³-hybridized carbons (Fsp3) is 0.455. The van der Waals surface area contributed by atoms with Gasteiger partial charge in [-0.2, -0.15) is 0 Å². The Morgan fingerprint density at radius 2 is 2.13 bits per heavy atom. The normalized spacial score (nSPS) is 12.5. The maximum atomic E-state index is 9.34. The molecule has 1 rings (SSSR count). The van der Waals surface area contributed by atoms with E-state index in [0.29, 0.717) is 5.75 Å². The largest absolute Gasteiger partial charge is 0.491 e. The Labute approximate surface area is 89.1 Å². The van der Waals surface area contributed by atoms with Gasteiger partial charge in [0.05, 0.1) is 13.2 Å². The van der Waals surface area contributed by atoms with Crippen molar-refractivity contribution in [1.82, 2.24) is 0 Å². The van der Waals surface area contributed by atoms with Gasteiger partial charge in [0.25, 0.3) is 0 Å². The van der Waals surface area contributed by atoms with Gasteiger partial charge < -0.3 is 19.7 Å². The highest BCUT2D eigenvalue weighted by Gasteiger charge is 2.04. The van der Waals surface area contributed by atoms with E-state index in [0.717, 1.165) is 5.56 Å². The number of hydrogen-bond acceptors (Lipinski definition) is 4. The SMILES string of the molecule is COCC(O)COc1cccc(CO)c1. The molecule has 0 bridgehead atoms. The molecule has 0 saturated heterocycles. The zero-order valence-electron chi connectivity index (χ0n) is 8.72. The van der Waals surface area contributed by atoms with Crippen LogP contribution in [0.1, 0.15) is 5.56 Å². The molecule has 84 valence electrons. The van der Waals surface area contributed by atoms with Crippen LogP contribution in [0.15, 0.2) is 24.3 Å². The molecule has 0 radical (unpaired) electrons. The summed E-state index contributed by atoms with van der Waals surface area (Å²) in [6, 6.07) is 7.11. The third-order valence-corrected chi connectivity index (χ3v) is 1.88. The average molecular weight is 212 g/mol. The standard InChI is InChI=1S/C11H16O4/c1-14-7-10(13)8-15-11-4-2-3-9(5-11)6-12/h2-5,10,12-13H,6-8H2,1H3. The zero-order valence-corrected chi connectivity index (χ0v) is 8.72. The summed E-state index contributed by atoms with van der Waals surface area (Å²) in [5.41, 5.74) is 0.786. The van der Waals surface area contributed by atoms with Crippen LogP contribution in [-0.2, 0) is 11.3 Å². The smallest absolute Gasteiger partial charge is 0.119 e. The van der Waals surface area contributed by atoms with E-state index in [1.54, 1.807) is 24.3 Å². The van der Waals surface area contributed by atoms with Gasteiger partial charge >= 0.3 is 0 Å². The molecule has 0 aromatic heterocycles. The first-order valence-electron chi connectivity index (χ1n) is 4.76. The van der Waals surface area contributed by atoms with Crippen molar-refractivity contribution in [2.45, 2.75) is 12.7 Å². The Kier molecular flexibility index (Phi) is 5.10. The third-order valence-electron chi connectivity index (χ3n) is 1.88. The third kappa shape index (κ3) is 4.29. The molecule has 1 aromatic rings. The maximum Gasteiger partial charge on any atom is 0.119 e. The van der Waals surface area contributed by atoms with Gasteiger partial charge in [-0.3, -0.25) is 0 Å². The van der Waals surface area contributed by atoms with Gasteiger partial charge in [0.15, 0.2) is 0 Å². The predicted molar refractivity (Wildman–Crippen MR) is 55.7 cm³/mol. The van der Waals surface area contributed by atoms with Crippen LogP contribution in [-0.4, -0.2) is 36.6 Å². The van der Waals surface area contributed by atoms with Crippen molar-refractivity contribution < 1.29 is 19.7 Å². The molecule has 0 saturated carbocycles. The van der Waals surface area contributed by atoms with Gasteiger partial charge in [-0.05, 0) is 17.7 Å². The van der Waals surface area contributed by atoms with E-state index in [2.05, 4.69) is 0 Å². The van der Waals surface area contributed by atoms with Gasteiger partial charge in [-0.25, -0.2) is 0 Å². The van der Waals surface area contributed by atoms with Crippen molar-refractivity contribution in [1.29, 1.82) is 0 Å². The molecule has 1 aromatic carbocycles. The second kappa shape index (κ2) is 6.40. The van der Waals surface area contributed by atoms with E-state index in [4.69, 9.17) is 14.6 Å². The molecular weight excluding hydrogens is 196 g/mol. The lowest BCUT2D eigenvalue weighted by Gasteiger charge is -2.11. The lowest BCUT2D eigenvalue weighted by atomic mass is 10.2. The molecule has 0 spiro atoms. The molecular formula is C11H16O4. The van der Waals surface area contributed by atoms with E-state index in [9.17, 15) is 5.11 Å². The van der Waals surface area contributed by atoms with E-state index < -0.39 is 6.10 Å². The first-order valence-corrected chi connectivity index (χ1v) is 4.76. The molecule has 15 heavy (non-hydrogen) atoms. The Morgan fingerprint density at radius 3 is 2.80 bits per heavy atom. The van der Waals surface area contributed by atoms with Gasteiger partial charge in [-0.1, -0.05) is 12.1 Å². The van der Waals surface area contributed by atoms with Crippen LogP contribution in [0.3, 0.4) is 0 Å². The lowest BCUT2D eigenvalue weighted by molar-refractivity contribution is 0.0325. The van der Waals surface area contributed by atoms with Crippen LogP contribution in [0, 0.1) is 0 Å². The van der Waals surface area contributed by atoms with Crippen LogP contribution in [0.4, 0.5) is 0 Å². The monoisotopic (exact) mass is 212 g/mol. The zero-order chi connectivity index (χ0) is 11.1. The second-order valence-electron chi connectivity index (χ2n) is 3.23. The van der Waals surface area contributed by atoms with E-state index in [1.165, 1.54) is 7.11 Å². The summed E-state index contributed by atoms with van der Waals surface area (Å²) in [7, 11) is 1.52. The van der Waals surface area contributed by atoms with E-state index in [-0.39, 0.29) is 19.8 Å². The molecule has 0 aliphatic rings. The van der Waals surface area contributed by atoms with Crippen LogP contribution in [0.25, 0.3) is 0 Å². The number of methoxy groups -OCH3 is 1. The molecule has 0 heterocycles. The van der Waals surface area contributed by atoms with Crippen LogP contribution in [0.2, 0.25) is 0 Å². The van der Waals surface area contributed by atoms with Crippen LogP contribution in [0.5, 0.6) is 5.75 Å². The van der Waals surface area contributed by atoms with Gasteiger partial charge in [0.2, 0.25) is 0 Å². The van der Waals surface area contributed by atoms with Crippen molar-refractivity contribution in [3.8, 4) is 5.75 Å². The Bertz CT molecular complexity index is 288. The molecule has 1 atom stereocenters. The first-order chi connectivity index (χ1) is 7.26. The van der Waals surface area contributed by atoms with Crippen molar-refractivity contribution >= 4 is 0 Å². The molecule has 4 heteroatoms. The Balaban J connectivity index is 2.43. The van der Waals surface area contributed by atoms with Crippen LogP contribution >= 0.6 is 0 Å². The van der Waals surface area contributed by atoms with Crippen molar-refractivity contribution in [3.63, 3.8) is 0 Å². The number of aliphatic hydroxyl groups excluding tert-OH is 2. The molecule has 0 fully saturated rings. The van der Waals surface area contributed by atoms with E-state index in [1.807, 2.05) is 0 Å². The highest BCUT2D eigenvalue weighted by molar-refractivity contribution is 5.27. The molecule has 2 N–H and O–H groups in total. The average Bonchev–Trinajstić information content (AvgIpc) is 2.27. The summed E-state index contributed by atoms with van der Waals surface area (Å²) in [6.45, 7) is 0.417. The second-order valence-corrected chi connectivity index (χ2v) is 3.23. The van der Waals surface area contributed by atoms with Gasteiger partial charge in [0.1, 0.15) is 18.5 Å².